The zero-order valence-corrected chi connectivity index (χ0v) is 11.9. The lowest BCUT2D eigenvalue weighted by Gasteiger charge is -2.05. The van der Waals surface area contributed by atoms with Crippen molar-refractivity contribution < 1.29 is 8.42 Å². The molecule has 0 saturated heterocycles. The molecule has 0 saturated carbocycles. The smallest absolute Gasteiger partial charge is 0.245 e. The third-order valence-electron chi connectivity index (χ3n) is 2.62. The Morgan fingerprint density at radius 2 is 1.90 bits per heavy atom. The lowest BCUT2D eigenvalue weighted by Crippen LogP contribution is -2.20. The van der Waals surface area contributed by atoms with Gasteiger partial charge in [0.1, 0.15) is 6.33 Å². The average molecular weight is 290 g/mol. The first kappa shape index (κ1) is 14.1. The summed E-state index contributed by atoms with van der Waals surface area (Å²) in [6, 6.07) is 8.19. The van der Waals surface area contributed by atoms with Crippen molar-refractivity contribution in [2.75, 3.05) is 0 Å². The average Bonchev–Trinajstić information content (AvgIpc) is 2.46. The maximum absolute atomic E-state index is 12.0. The Bertz CT molecular complexity index is 710. The third-order valence-corrected chi connectivity index (χ3v) is 3.84. The van der Waals surface area contributed by atoms with E-state index in [4.69, 9.17) is 0 Å². The molecule has 2 aromatic rings. The number of benzene rings is 1. The standard InChI is InChI=1S/C13H14N4O2S/c1-10-3-5-12(6-4-10)20(18,19)17-16-11(2)13-7-8-14-9-15-13/h3-9,17H,1-2H3. The molecule has 0 unspecified atom stereocenters. The molecule has 0 radical (unpaired) electrons. The van der Waals surface area contributed by atoms with Crippen molar-refractivity contribution in [2.45, 2.75) is 18.7 Å². The molecular formula is C13H14N4O2S. The van der Waals surface area contributed by atoms with Crippen LogP contribution >= 0.6 is 0 Å². The van der Waals surface area contributed by atoms with Gasteiger partial charge in [-0.25, -0.2) is 9.97 Å². The largest absolute Gasteiger partial charge is 0.276 e. The van der Waals surface area contributed by atoms with Crippen molar-refractivity contribution in [3.8, 4) is 0 Å². The second-order valence-corrected chi connectivity index (χ2v) is 5.86. The molecule has 0 aliphatic heterocycles. The van der Waals surface area contributed by atoms with E-state index in [0.29, 0.717) is 11.4 Å². The van der Waals surface area contributed by atoms with E-state index in [0.717, 1.165) is 5.56 Å². The number of rotatable bonds is 4. The molecule has 1 aromatic carbocycles. The van der Waals surface area contributed by atoms with E-state index in [1.54, 1.807) is 31.3 Å². The summed E-state index contributed by atoms with van der Waals surface area (Å²) in [5, 5.41) is 3.85. The highest BCUT2D eigenvalue weighted by Gasteiger charge is 2.12. The Morgan fingerprint density at radius 1 is 1.20 bits per heavy atom. The van der Waals surface area contributed by atoms with E-state index in [9.17, 15) is 8.42 Å². The zero-order chi connectivity index (χ0) is 14.6. The number of sulfonamides is 1. The third kappa shape index (κ3) is 3.39. The molecule has 1 heterocycles. The Kier molecular flexibility index (Phi) is 4.09. The number of hydrogen-bond acceptors (Lipinski definition) is 5. The fourth-order valence-corrected chi connectivity index (χ4v) is 2.32. The minimum atomic E-state index is -3.66. The van der Waals surface area contributed by atoms with Crippen LogP contribution in [0.2, 0.25) is 0 Å². The van der Waals surface area contributed by atoms with Gasteiger partial charge in [0.25, 0.3) is 10.0 Å². The van der Waals surface area contributed by atoms with Crippen LogP contribution in [0.4, 0.5) is 0 Å². The lowest BCUT2D eigenvalue weighted by molar-refractivity contribution is 0.584. The Balaban J connectivity index is 2.19. The number of hydrazone groups is 1. The number of nitrogens with one attached hydrogen (secondary N) is 1. The number of hydrogen-bond donors (Lipinski definition) is 1. The van der Waals surface area contributed by atoms with Gasteiger partial charge in [-0.15, -0.1) is 0 Å². The van der Waals surface area contributed by atoms with E-state index in [2.05, 4.69) is 19.9 Å². The van der Waals surface area contributed by atoms with Gasteiger partial charge >= 0.3 is 0 Å². The quantitative estimate of drug-likeness (QED) is 0.683. The Hall–Kier alpha value is -2.28. The van der Waals surface area contributed by atoms with Crippen LogP contribution in [0.3, 0.4) is 0 Å². The summed E-state index contributed by atoms with van der Waals surface area (Å²) in [5.74, 6) is 0. The van der Waals surface area contributed by atoms with Gasteiger partial charge in [0, 0.05) is 6.20 Å². The molecule has 20 heavy (non-hydrogen) atoms. The van der Waals surface area contributed by atoms with Gasteiger partial charge in [-0.3, -0.25) is 0 Å². The molecule has 0 amide bonds. The normalized spacial score (nSPS) is 12.2. The first-order valence-corrected chi connectivity index (χ1v) is 7.36. The zero-order valence-electron chi connectivity index (χ0n) is 11.1. The van der Waals surface area contributed by atoms with Crippen LogP contribution in [-0.2, 0) is 10.0 Å². The molecule has 6 nitrogen and oxygen atoms in total. The summed E-state index contributed by atoms with van der Waals surface area (Å²) in [6.45, 7) is 3.56. The van der Waals surface area contributed by atoms with E-state index < -0.39 is 10.0 Å². The maximum Gasteiger partial charge on any atom is 0.276 e. The second-order valence-electron chi connectivity index (χ2n) is 4.20. The predicted octanol–water partition coefficient (Wildman–Crippen LogP) is 1.49. The maximum atomic E-state index is 12.0. The number of aryl methyl sites for hydroxylation is 1. The topological polar surface area (TPSA) is 84.3 Å². The van der Waals surface area contributed by atoms with E-state index >= 15 is 0 Å². The van der Waals surface area contributed by atoms with Crippen molar-refractivity contribution in [1.82, 2.24) is 14.8 Å². The van der Waals surface area contributed by atoms with Crippen molar-refractivity contribution in [3.63, 3.8) is 0 Å². The summed E-state index contributed by atoms with van der Waals surface area (Å²) in [7, 11) is -3.66. The van der Waals surface area contributed by atoms with Gasteiger partial charge in [0.2, 0.25) is 0 Å². The van der Waals surface area contributed by atoms with Crippen molar-refractivity contribution in [3.05, 3.63) is 54.1 Å². The molecule has 1 N–H and O–H groups in total. The van der Waals surface area contributed by atoms with E-state index in [1.165, 1.54) is 18.5 Å². The van der Waals surface area contributed by atoms with Crippen LogP contribution in [0, 0.1) is 6.92 Å². The van der Waals surface area contributed by atoms with Crippen LogP contribution in [0.25, 0.3) is 0 Å². The number of aromatic nitrogens is 2. The van der Waals surface area contributed by atoms with Gasteiger partial charge < -0.3 is 0 Å². The molecule has 7 heteroatoms. The minimum Gasteiger partial charge on any atom is -0.245 e. The molecule has 0 atom stereocenters. The van der Waals surface area contributed by atoms with Crippen LogP contribution in [-0.4, -0.2) is 24.1 Å². The van der Waals surface area contributed by atoms with E-state index in [-0.39, 0.29) is 4.90 Å². The fraction of sp³-hybridized carbons (Fsp3) is 0.154. The highest BCUT2D eigenvalue weighted by molar-refractivity contribution is 7.89. The molecule has 104 valence electrons. The summed E-state index contributed by atoms with van der Waals surface area (Å²) >= 11 is 0. The molecule has 2 rings (SSSR count). The van der Waals surface area contributed by atoms with Gasteiger partial charge in [0.15, 0.2) is 0 Å². The first-order valence-electron chi connectivity index (χ1n) is 5.88. The highest BCUT2D eigenvalue weighted by atomic mass is 32.2. The Labute approximate surface area is 117 Å². The van der Waals surface area contributed by atoms with Crippen LogP contribution in [0.5, 0.6) is 0 Å². The van der Waals surface area contributed by atoms with Crippen molar-refractivity contribution >= 4 is 15.7 Å². The monoisotopic (exact) mass is 290 g/mol. The van der Waals surface area contributed by atoms with E-state index in [1.807, 2.05) is 6.92 Å². The van der Waals surface area contributed by atoms with Gasteiger partial charge in [-0.05, 0) is 32.0 Å². The summed E-state index contributed by atoms with van der Waals surface area (Å²) in [5.41, 5.74) is 2.01. The molecular weight excluding hydrogens is 276 g/mol. The van der Waals surface area contributed by atoms with Crippen LogP contribution < -0.4 is 4.83 Å². The predicted molar refractivity (Wildman–Crippen MR) is 75.7 cm³/mol. The SMILES string of the molecule is CC(=NNS(=O)(=O)c1ccc(C)cc1)c1ccncn1. The highest BCUT2D eigenvalue weighted by Crippen LogP contribution is 2.09. The lowest BCUT2D eigenvalue weighted by atomic mass is 10.2. The van der Waals surface area contributed by atoms with Crippen LogP contribution in [0.15, 0.2) is 52.9 Å². The van der Waals surface area contributed by atoms with Crippen molar-refractivity contribution in [1.29, 1.82) is 0 Å². The molecule has 0 aliphatic carbocycles. The van der Waals surface area contributed by atoms with Gasteiger partial charge in [-0.2, -0.15) is 18.4 Å². The summed E-state index contributed by atoms with van der Waals surface area (Å²) < 4.78 is 24.1. The Morgan fingerprint density at radius 3 is 2.50 bits per heavy atom. The molecule has 0 aliphatic rings. The van der Waals surface area contributed by atoms with Gasteiger partial charge in [0.05, 0.1) is 16.3 Å². The molecule has 1 aromatic heterocycles. The first-order chi connectivity index (χ1) is 9.49. The minimum absolute atomic E-state index is 0.169. The summed E-state index contributed by atoms with van der Waals surface area (Å²) in [6.07, 6.45) is 2.94. The van der Waals surface area contributed by atoms with Crippen LogP contribution in [0.1, 0.15) is 18.2 Å². The van der Waals surface area contributed by atoms with Gasteiger partial charge in [-0.1, -0.05) is 17.7 Å². The van der Waals surface area contributed by atoms with Crippen molar-refractivity contribution in [2.24, 2.45) is 5.10 Å². The molecule has 0 spiro atoms. The number of nitrogens with zero attached hydrogens (tertiary/aromatic N) is 3. The second kappa shape index (κ2) is 5.79. The summed E-state index contributed by atoms with van der Waals surface area (Å²) in [4.78, 5) is 10.1. The molecule has 0 fully saturated rings. The fourth-order valence-electron chi connectivity index (χ4n) is 1.46. The molecule has 0 bridgehead atoms.